The van der Waals surface area contributed by atoms with Crippen LogP contribution in [0.4, 0.5) is 5.82 Å². The van der Waals surface area contributed by atoms with Gasteiger partial charge in [0.15, 0.2) is 0 Å². The number of fused-ring (bicyclic) bond motifs is 1. The van der Waals surface area contributed by atoms with Gasteiger partial charge in [-0.3, -0.25) is 9.78 Å². The number of hydrogen-bond donors (Lipinski definition) is 1. The smallest absolute Gasteiger partial charge is 0.253 e. The zero-order valence-corrected chi connectivity index (χ0v) is 16.5. The maximum Gasteiger partial charge on any atom is 0.253 e. The van der Waals surface area contributed by atoms with E-state index in [0.717, 1.165) is 59.7 Å². The van der Waals surface area contributed by atoms with E-state index < -0.39 is 0 Å². The third kappa shape index (κ3) is 3.28. The van der Waals surface area contributed by atoms with Crippen LogP contribution >= 0.6 is 0 Å². The van der Waals surface area contributed by atoms with Gasteiger partial charge >= 0.3 is 0 Å². The van der Waals surface area contributed by atoms with Gasteiger partial charge in [0.05, 0.1) is 18.9 Å². The van der Waals surface area contributed by atoms with Gasteiger partial charge in [0.25, 0.3) is 5.91 Å². The SMILES string of the molecule is COc1ccc2c(c1)c(C(=O)NC1CCN(c3cnccn3)CC1)c(C)n2C. The minimum atomic E-state index is -0.0192. The Morgan fingerprint density at radius 3 is 2.71 bits per heavy atom. The molecule has 1 saturated heterocycles. The standard InChI is InChI=1S/C21H25N5O2/c1-14-20(17-12-16(28-3)4-5-18(17)25(14)2)21(27)24-15-6-10-26(11-7-15)19-13-22-8-9-23-19/h4-5,8-9,12-13,15H,6-7,10-11H2,1-3H3,(H,24,27). The van der Waals surface area contributed by atoms with Gasteiger partial charge in [0.2, 0.25) is 0 Å². The van der Waals surface area contributed by atoms with Crippen molar-refractivity contribution in [3.05, 3.63) is 48.0 Å². The summed E-state index contributed by atoms with van der Waals surface area (Å²) >= 11 is 0. The molecule has 1 aromatic carbocycles. The second-order valence-corrected chi connectivity index (χ2v) is 7.20. The summed E-state index contributed by atoms with van der Waals surface area (Å²) < 4.78 is 7.41. The number of carbonyl (C=O) groups excluding carboxylic acids is 1. The van der Waals surface area contributed by atoms with Crippen LogP contribution in [0.15, 0.2) is 36.8 Å². The molecule has 0 unspecified atom stereocenters. The lowest BCUT2D eigenvalue weighted by Gasteiger charge is -2.32. The molecule has 1 aliphatic heterocycles. The van der Waals surface area contributed by atoms with Crippen LogP contribution in [0.1, 0.15) is 28.9 Å². The number of nitrogens with one attached hydrogen (secondary N) is 1. The van der Waals surface area contributed by atoms with Crippen molar-refractivity contribution in [1.82, 2.24) is 19.9 Å². The monoisotopic (exact) mass is 379 g/mol. The second kappa shape index (κ2) is 7.50. The normalized spacial score (nSPS) is 15.0. The Labute approximate surface area is 164 Å². The highest BCUT2D eigenvalue weighted by molar-refractivity contribution is 6.08. The minimum absolute atomic E-state index is 0.0192. The number of ether oxygens (including phenoxy) is 1. The third-order valence-electron chi connectivity index (χ3n) is 5.63. The van der Waals surface area contributed by atoms with Crippen molar-refractivity contribution in [3.8, 4) is 5.75 Å². The van der Waals surface area contributed by atoms with Crippen molar-refractivity contribution in [2.24, 2.45) is 7.05 Å². The lowest BCUT2D eigenvalue weighted by atomic mass is 10.0. The molecular weight excluding hydrogens is 354 g/mol. The van der Waals surface area contributed by atoms with Crippen LogP contribution < -0.4 is 15.0 Å². The number of carbonyl (C=O) groups is 1. The summed E-state index contributed by atoms with van der Waals surface area (Å²) in [6.45, 7) is 3.69. The van der Waals surface area contributed by atoms with E-state index in [2.05, 4.69) is 24.8 Å². The minimum Gasteiger partial charge on any atom is -0.497 e. The molecule has 4 rings (SSSR count). The molecule has 0 aliphatic carbocycles. The van der Waals surface area contributed by atoms with Gasteiger partial charge in [-0.25, -0.2) is 4.98 Å². The van der Waals surface area contributed by atoms with Gasteiger partial charge in [-0.1, -0.05) is 0 Å². The first kappa shape index (κ1) is 18.3. The highest BCUT2D eigenvalue weighted by Crippen LogP contribution is 2.29. The molecule has 1 aliphatic rings. The summed E-state index contributed by atoms with van der Waals surface area (Å²) in [6.07, 6.45) is 6.94. The highest BCUT2D eigenvalue weighted by atomic mass is 16.5. The quantitative estimate of drug-likeness (QED) is 0.755. The van der Waals surface area contributed by atoms with Crippen molar-refractivity contribution in [2.45, 2.75) is 25.8 Å². The van der Waals surface area contributed by atoms with Crippen LogP contribution in [-0.2, 0) is 7.05 Å². The van der Waals surface area contributed by atoms with Crippen molar-refractivity contribution >= 4 is 22.6 Å². The molecule has 3 heterocycles. The lowest BCUT2D eigenvalue weighted by molar-refractivity contribution is 0.0932. The highest BCUT2D eigenvalue weighted by Gasteiger charge is 2.25. The predicted molar refractivity (Wildman–Crippen MR) is 109 cm³/mol. The van der Waals surface area contributed by atoms with E-state index in [4.69, 9.17) is 4.74 Å². The Morgan fingerprint density at radius 2 is 2.04 bits per heavy atom. The van der Waals surface area contributed by atoms with Gasteiger partial charge < -0.3 is 19.5 Å². The fraction of sp³-hybridized carbons (Fsp3) is 0.381. The van der Waals surface area contributed by atoms with Crippen LogP contribution in [-0.4, -0.2) is 46.7 Å². The Bertz CT molecular complexity index is 991. The second-order valence-electron chi connectivity index (χ2n) is 7.20. The van der Waals surface area contributed by atoms with E-state index in [1.165, 1.54) is 0 Å². The molecule has 1 N–H and O–H groups in total. The van der Waals surface area contributed by atoms with E-state index in [1.54, 1.807) is 25.7 Å². The van der Waals surface area contributed by atoms with Gasteiger partial charge in [-0.2, -0.15) is 0 Å². The van der Waals surface area contributed by atoms with Crippen LogP contribution in [0.3, 0.4) is 0 Å². The number of aryl methyl sites for hydroxylation is 1. The summed E-state index contributed by atoms with van der Waals surface area (Å²) in [4.78, 5) is 23.8. The maximum absolute atomic E-state index is 13.1. The number of rotatable bonds is 4. The van der Waals surface area contributed by atoms with Gasteiger partial charge in [0, 0.05) is 55.2 Å². The molecule has 0 spiro atoms. The van der Waals surface area contributed by atoms with Crippen LogP contribution in [0.25, 0.3) is 10.9 Å². The zero-order chi connectivity index (χ0) is 19.7. The molecule has 0 bridgehead atoms. The van der Waals surface area contributed by atoms with E-state index in [0.29, 0.717) is 0 Å². The van der Waals surface area contributed by atoms with Gasteiger partial charge in [-0.05, 0) is 38.0 Å². The molecular formula is C21H25N5O2. The Kier molecular flexibility index (Phi) is 4.90. The molecule has 0 atom stereocenters. The first-order chi connectivity index (χ1) is 13.6. The van der Waals surface area contributed by atoms with Crippen molar-refractivity contribution in [3.63, 3.8) is 0 Å². The maximum atomic E-state index is 13.1. The number of anilines is 1. The number of amides is 1. The molecule has 0 saturated carbocycles. The van der Waals surface area contributed by atoms with Crippen LogP contribution in [0.5, 0.6) is 5.75 Å². The number of methoxy groups -OCH3 is 1. The predicted octanol–water partition coefficient (Wildman–Crippen LogP) is 2.68. The lowest BCUT2D eigenvalue weighted by Crippen LogP contribution is -2.45. The van der Waals surface area contributed by atoms with Crippen molar-refractivity contribution in [1.29, 1.82) is 0 Å². The van der Waals surface area contributed by atoms with Crippen LogP contribution in [0.2, 0.25) is 0 Å². The van der Waals surface area contributed by atoms with Gasteiger partial charge in [-0.15, -0.1) is 0 Å². The third-order valence-corrected chi connectivity index (χ3v) is 5.63. The largest absolute Gasteiger partial charge is 0.497 e. The number of aromatic nitrogens is 3. The molecule has 1 amide bonds. The Hall–Kier alpha value is -3.09. The van der Waals surface area contributed by atoms with Crippen LogP contribution in [0, 0.1) is 6.92 Å². The average Bonchev–Trinajstić information content (AvgIpc) is 2.99. The van der Waals surface area contributed by atoms with E-state index >= 15 is 0 Å². The summed E-state index contributed by atoms with van der Waals surface area (Å²) in [6, 6.07) is 6.01. The number of benzene rings is 1. The van der Waals surface area contributed by atoms with Crippen molar-refractivity contribution in [2.75, 3.05) is 25.1 Å². The molecule has 2 aromatic heterocycles. The molecule has 146 valence electrons. The van der Waals surface area contributed by atoms with E-state index in [9.17, 15) is 4.79 Å². The summed E-state index contributed by atoms with van der Waals surface area (Å²) in [5.41, 5.74) is 2.71. The average molecular weight is 379 g/mol. The molecule has 1 fully saturated rings. The molecule has 28 heavy (non-hydrogen) atoms. The number of hydrogen-bond acceptors (Lipinski definition) is 5. The molecule has 7 nitrogen and oxygen atoms in total. The molecule has 3 aromatic rings. The fourth-order valence-corrected chi connectivity index (χ4v) is 3.93. The Morgan fingerprint density at radius 1 is 1.25 bits per heavy atom. The molecule has 7 heteroatoms. The number of piperidine rings is 1. The summed E-state index contributed by atoms with van der Waals surface area (Å²) in [5, 5.41) is 4.16. The topological polar surface area (TPSA) is 72.3 Å². The summed E-state index contributed by atoms with van der Waals surface area (Å²) in [5.74, 6) is 1.63. The fourth-order valence-electron chi connectivity index (χ4n) is 3.93. The zero-order valence-electron chi connectivity index (χ0n) is 16.5. The first-order valence-corrected chi connectivity index (χ1v) is 9.53. The van der Waals surface area contributed by atoms with Crippen molar-refractivity contribution < 1.29 is 9.53 Å². The molecule has 0 radical (unpaired) electrons. The first-order valence-electron chi connectivity index (χ1n) is 9.53. The Balaban J connectivity index is 1.50. The van der Waals surface area contributed by atoms with Gasteiger partial charge in [0.1, 0.15) is 11.6 Å². The van der Waals surface area contributed by atoms with E-state index in [-0.39, 0.29) is 11.9 Å². The number of nitrogens with zero attached hydrogens (tertiary/aromatic N) is 4. The van der Waals surface area contributed by atoms with E-state index in [1.807, 2.05) is 32.2 Å². The summed E-state index contributed by atoms with van der Waals surface area (Å²) in [7, 11) is 3.63.